The van der Waals surface area contributed by atoms with Gasteiger partial charge < -0.3 is 10.0 Å². The molecule has 1 saturated heterocycles. The zero-order chi connectivity index (χ0) is 17.1. The highest BCUT2D eigenvalue weighted by Gasteiger charge is 2.40. The summed E-state index contributed by atoms with van der Waals surface area (Å²) in [6.45, 7) is 2.32. The molecule has 0 spiro atoms. The van der Waals surface area contributed by atoms with Gasteiger partial charge in [-0.2, -0.15) is 0 Å². The molecule has 0 aromatic heterocycles. The highest BCUT2D eigenvalue weighted by atomic mass is 16.4. The van der Waals surface area contributed by atoms with Gasteiger partial charge >= 0.3 is 5.97 Å². The van der Waals surface area contributed by atoms with Gasteiger partial charge in [0.2, 0.25) is 5.91 Å². The van der Waals surface area contributed by atoms with E-state index in [0.717, 1.165) is 11.1 Å². The molecule has 1 aliphatic heterocycles. The Morgan fingerprint density at radius 3 is 1.92 bits per heavy atom. The molecule has 2 aromatic carbocycles. The Morgan fingerprint density at radius 1 is 1.00 bits per heavy atom. The molecular weight excluding hydrogens is 302 g/mol. The molecule has 1 fully saturated rings. The lowest BCUT2D eigenvalue weighted by Crippen LogP contribution is -2.40. The lowest BCUT2D eigenvalue weighted by Gasteiger charge is -2.28. The van der Waals surface area contributed by atoms with Crippen molar-refractivity contribution in [2.45, 2.75) is 25.3 Å². The van der Waals surface area contributed by atoms with Crippen LogP contribution in [0.5, 0.6) is 0 Å². The second-order valence-electron chi connectivity index (χ2n) is 6.26. The summed E-state index contributed by atoms with van der Waals surface area (Å²) in [6, 6.07) is 19.1. The number of nitrogens with zero attached hydrogens (tertiary/aromatic N) is 1. The van der Waals surface area contributed by atoms with E-state index in [9.17, 15) is 14.7 Å². The molecule has 24 heavy (non-hydrogen) atoms. The molecule has 2 unspecified atom stereocenters. The Morgan fingerprint density at radius 2 is 1.50 bits per heavy atom. The molecule has 1 N–H and O–H groups in total. The first-order valence-corrected chi connectivity index (χ1v) is 8.22. The summed E-state index contributed by atoms with van der Waals surface area (Å²) in [5.41, 5.74) is 1.86. The average Bonchev–Trinajstić information content (AvgIpc) is 2.99. The zero-order valence-electron chi connectivity index (χ0n) is 13.6. The Bertz CT molecular complexity index is 675. The minimum atomic E-state index is -0.825. The van der Waals surface area contributed by atoms with Gasteiger partial charge in [-0.3, -0.25) is 9.59 Å². The van der Waals surface area contributed by atoms with Crippen LogP contribution in [0.2, 0.25) is 0 Å². The Balaban J connectivity index is 1.95. The van der Waals surface area contributed by atoms with Crippen LogP contribution in [0.25, 0.3) is 0 Å². The number of hydrogen-bond acceptors (Lipinski definition) is 2. The Kier molecular flexibility index (Phi) is 4.65. The van der Waals surface area contributed by atoms with E-state index < -0.39 is 17.8 Å². The quantitative estimate of drug-likeness (QED) is 0.940. The Labute approximate surface area is 141 Å². The first kappa shape index (κ1) is 16.2. The van der Waals surface area contributed by atoms with Crippen LogP contribution in [-0.4, -0.2) is 34.5 Å². The largest absolute Gasteiger partial charge is 0.481 e. The highest BCUT2D eigenvalue weighted by Crippen LogP contribution is 2.32. The standard InChI is InChI=1S/C20H21NO3/c1-14-17(20(23)24)12-13-21(14)19(22)18(15-8-4-2-5-9-15)16-10-6-3-7-11-16/h2-11,14,17-18H,12-13H2,1H3,(H,23,24). The van der Waals surface area contributed by atoms with E-state index in [4.69, 9.17) is 0 Å². The van der Waals surface area contributed by atoms with E-state index in [0.29, 0.717) is 13.0 Å². The maximum atomic E-state index is 13.3. The molecule has 2 atom stereocenters. The summed E-state index contributed by atoms with van der Waals surface area (Å²) >= 11 is 0. The van der Waals surface area contributed by atoms with Gasteiger partial charge in [0.15, 0.2) is 0 Å². The van der Waals surface area contributed by atoms with Crippen molar-refractivity contribution in [1.82, 2.24) is 4.90 Å². The van der Waals surface area contributed by atoms with Gasteiger partial charge in [-0.05, 0) is 24.5 Å². The molecule has 0 saturated carbocycles. The molecule has 1 amide bonds. The van der Waals surface area contributed by atoms with Gasteiger partial charge in [-0.1, -0.05) is 60.7 Å². The minimum Gasteiger partial charge on any atom is -0.481 e. The molecule has 4 heteroatoms. The molecule has 0 aliphatic carbocycles. The van der Waals surface area contributed by atoms with Crippen LogP contribution in [0.15, 0.2) is 60.7 Å². The van der Waals surface area contributed by atoms with Crippen LogP contribution in [0.4, 0.5) is 0 Å². The first-order valence-electron chi connectivity index (χ1n) is 8.22. The topological polar surface area (TPSA) is 57.6 Å². The summed E-state index contributed by atoms with van der Waals surface area (Å²) in [6.07, 6.45) is 0.512. The maximum Gasteiger partial charge on any atom is 0.308 e. The van der Waals surface area contributed by atoms with Crippen molar-refractivity contribution in [3.05, 3.63) is 71.8 Å². The van der Waals surface area contributed by atoms with Crippen LogP contribution in [0.1, 0.15) is 30.4 Å². The number of aliphatic carboxylic acids is 1. The molecule has 4 nitrogen and oxygen atoms in total. The predicted molar refractivity (Wildman–Crippen MR) is 91.6 cm³/mol. The molecule has 0 bridgehead atoms. The van der Waals surface area contributed by atoms with Crippen LogP contribution < -0.4 is 0 Å². The van der Waals surface area contributed by atoms with Crippen molar-refractivity contribution < 1.29 is 14.7 Å². The first-order chi connectivity index (χ1) is 11.6. The van der Waals surface area contributed by atoms with Gasteiger partial charge in [-0.25, -0.2) is 0 Å². The van der Waals surface area contributed by atoms with Crippen molar-refractivity contribution >= 4 is 11.9 Å². The van der Waals surface area contributed by atoms with Crippen LogP contribution >= 0.6 is 0 Å². The third kappa shape index (κ3) is 3.04. The number of carboxylic acids is 1. The highest BCUT2D eigenvalue weighted by molar-refractivity contribution is 5.88. The number of hydrogen-bond donors (Lipinski definition) is 1. The summed E-state index contributed by atoms with van der Waals surface area (Å²) in [7, 11) is 0. The van der Waals surface area contributed by atoms with Crippen molar-refractivity contribution in [2.24, 2.45) is 5.92 Å². The zero-order valence-corrected chi connectivity index (χ0v) is 13.6. The fourth-order valence-electron chi connectivity index (χ4n) is 3.52. The SMILES string of the molecule is CC1C(C(=O)O)CCN1C(=O)C(c1ccccc1)c1ccccc1. The van der Waals surface area contributed by atoms with E-state index in [2.05, 4.69) is 0 Å². The van der Waals surface area contributed by atoms with Crippen LogP contribution in [-0.2, 0) is 9.59 Å². The van der Waals surface area contributed by atoms with Gasteiger partial charge in [0.05, 0.1) is 11.8 Å². The third-order valence-electron chi connectivity index (χ3n) is 4.87. The number of carbonyl (C=O) groups is 2. The van der Waals surface area contributed by atoms with Gasteiger partial charge in [0.25, 0.3) is 0 Å². The summed E-state index contributed by atoms with van der Waals surface area (Å²) < 4.78 is 0. The summed E-state index contributed by atoms with van der Waals surface area (Å²) in [5.74, 6) is -1.74. The molecule has 3 rings (SSSR count). The van der Waals surface area contributed by atoms with E-state index in [1.807, 2.05) is 67.6 Å². The monoisotopic (exact) mass is 323 g/mol. The van der Waals surface area contributed by atoms with Crippen LogP contribution in [0, 0.1) is 5.92 Å². The van der Waals surface area contributed by atoms with E-state index in [1.165, 1.54) is 0 Å². The molecule has 1 heterocycles. The van der Waals surface area contributed by atoms with E-state index in [1.54, 1.807) is 4.90 Å². The predicted octanol–water partition coefficient (Wildman–Crippen LogP) is 3.14. The van der Waals surface area contributed by atoms with E-state index >= 15 is 0 Å². The summed E-state index contributed by atoms with van der Waals surface area (Å²) in [5, 5.41) is 9.32. The number of rotatable bonds is 4. The van der Waals surface area contributed by atoms with Gasteiger partial charge in [0, 0.05) is 12.6 Å². The number of carboxylic acid groups (broad SMARTS) is 1. The fraction of sp³-hybridized carbons (Fsp3) is 0.300. The maximum absolute atomic E-state index is 13.3. The molecular formula is C20H21NO3. The number of amides is 1. The lowest BCUT2D eigenvalue weighted by molar-refractivity contribution is -0.143. The number of likely N-dealkylation sites (tertiary alicyclic amines) is 1. The number of benzene rings is 2. The number of carbonyl (C=O) groups excluding carboxylic acids is 1. The Hall–Kier alpha value is -2.62. The van der Waals surface area contributed by atoms with Crippen LogP contribution in [0.3, 0.4) is 0 Å². The molecule has 1 aliphatic rings. The van der Waals surface area contributed by atoms with Crippen molar-refractivity contribution in [1.29, 1.82) is 0 Å². The smallest absolute Gasteiger partial charge is 0.308 e. The third-order valence-corrected chi connectivity index (χ3v) is 4.87. The second kappa shape index (κ2) is 6.87. The van der Waals surface area contributed by atoms with Crippen molar-refractivity contribution in [3.8, 4) is 0 Å². The lowest BCUT2D eigenvalue weighted by atomic mass is 9.89. The normalized spacial score (nSPS) is 20.3. The average molecular weight is 323 g/mol. The molecule has 2 aromatic rings. The van der Waals surface area contributed by atoms with Crippen molar-refractivity contribution in [2.75, 3.05) is 6.54 Å². The van der Waals surface area contributed by atoms with Gasteiger partial charge in [0.1, 0.15) is 0 Å². The minimum absolute atomic E-state index is 0.0244. The second-order valence-corrected chi connectivity index (χ2v) is 6.26. The fourth-order valence-corrected chi connectivity index (χ4v) is 3.52. The molecule has 124 valence electrons. The molecule has 0 radical (unpaired) electrons. The van der Waals surface area contributed by atoms with Gasteiger partial charge in [-0.15, -0.1) is 0 Å². The van der Waals surface area contributed by atoms with E-state index in [-0.39, 0.29) is 11.9 Å². The van der Waals surface area contributed by atoms with Crippen molar-refractivity contribution in [3.63, 3.8) is 0 Å². The summed E-state index contributed by atoms with van der Waals surface area (Å²) in [4.78, 5) is 26.3.